The van der Waals surface area contributed by atoms with E-state index in [-0.39, 0.29) is 0 Å². The van der Waals surface area contributed by atoms with Crippen molar-refractivity contribution in [3.63, 3.8) is 0 Å². The summed E-state index contributed by atoms with van der Waals surface area (Å²) in [5, 5.41) is 1.90. The first-order valence-corrected chi connectivity index (χ1v) is 9.74. The van der Waals surface area contributed by atoms with Gasteiger partial charge in [-0.25, -0.2) is 15.0 Å². The molecule has 5 nitrogen and oxygen atoms in total. The van der Waals surface area contributed by atoms with Gasteiger partial charge in [0.05, 0.1) is 33.9 Å². The normalized spacial score (nSPS) is 11.8. The van der Waals surface area contributed by atoms with Gasteiger partial charge in [-0.05, 0) is 42.5 Å². The minimum Gasteiger partial charge on any atom is -0.497 e. The minimum atomic E-state index is 0.808. The molecular formula is C22H14N4OS. The van der Waals surface area contributed by atoms with Crippen LogP contribution in [0.2, 0.25) is 0 Å². The topological polar surface area (TPSA) is 52.3 Å². The molecule has 0 radical (unpaired) electrons. The summed E-state index contributed by atoms with van der Waals surface area (Å²) in [6, 6.07) is 22.2. The first kappa shape index (κ1) is 15.5. The number of hydrogen-bond acceptors (Lipinski definition) is 5. The highest BCUT2D eigenvalue weighted by Crippen LogP contribution is 2.34. The predicted molar refractivity (Wildman–Crippen MR) is 113 cm³/mol. The molecule has 0 aliphatic carbocycles. The van der Waals surface area contributed by atoms with Gasteiger partial charge in [-0.15, -0.1) is 11.3 Å². The Hall–Kier alpha value is -3.51. The quantitative estimate of drug-likeness (QED) is 0.407. The lowest BCUT2D eigenvalue weighted by atomic mass is 10.2. The molecule has 0 amide bonds. The van der Waals surface area contributed by atoms with E-state index in [1.807, 2.05) is 54.6 Å². The highest BCUT2D eigenvalue weighted by atomic mass is 32.1. The smallest absolute Gasteiger partial charge is 0.176 e. The summed E-state index contributed by atoms with van der Waals surface area (Å²) in [4.78, 5) is 14.7. The summed E-state index contributed by atoms with van der Waals surface area (Å²) in [6.07, 6.45) is 0. The lowest BCUT2D eigenvalue weighted by molar-refractivity contribution is 0.415. The predicted octanol–water partition coefficient (Wildman–Crippen LogP) is 5.32. The Labute approximate surface area is 163 Å². The molecule has 0 N–H and O–H groups in total. The number of rotatable bonds is 2. The van der Waals surface area contributed by atoms with E-state index in [4.69, 9.17) is 19.7 Å². The van der Waals surface area contributed by atoms with Crippen LogP contribution in [0.25, 0.3) is 48.6 Å². The molecule has 0 aliphatic rings. The molecule has 0 fully saturated rings. The second-order valence-corrected chi connectivity index (χ2v) is 7.60. The zero-order chi connectivity index (χ0) is 18.7. The van der Waals surface area contributed by atoms with E-state index < -0.39 is 0 Å². The molecule has 0 bridgehead atoms. The summed E-state index contributed by atoms with van der Waals surface area (Å²) in [5.74, 6) is 1.63. The summed E-state index contributed by atoms with van der Waals surface area (Å²) in [7, 11) is 1.68. The fraction of sp³-hybridized carbons (Fsp3) is 0.0455. The van der Waals surface area contributed by atoms with Crippen molar-refractivity contribution in [3.05, 3.63) is 66.7 Å². The van der Waals surface area contributed by atoms with Crippen LogP contribution in [0.3, 0.4) is 0 Å². The van der Waals surface area contributed by atoms with Gasteiger partial charge in [-0.1, -0.05) is 24.3 Å². The monoisotopic (exact) mass is 382 g/mol. The summed E-state index contributed by atoms with van der Waals surface area (Å²) in [6.45, 7) is 0. The van der Waals surface area contributed by atoms with Crippen molar-refractivity contribution in [2.45, 2.75) is 0 Å². The number of hydrogen-bond donors (Lipinski definition) is 0. The van der Waals surface area contributed by atoms with Gasteiger partial charge in [0.15, 0.2) is 10.8 Å². The highest BCUT2D eigenvalue weighted by molar-refractivity contribution is 7.21. The SMILES string of the molecule is COc1ccc2nc(-c3nc4ccccc4c4nc5ccccc5n34)sc2c1. The van der Waals surface area contributed by atoms with Gasteiger partial charge in [-0.2, -0.15) is 0 Å². The van der Waals surface area contributed by atoms with Crippen LogP contribution in [0.1, 0.15) is 0 Å². The first-order chi connectivity index (χ1) is 13.8. The number of ether oxygens (including phenoxy) is 1. The van der Waals surface area contributed by atoms with E-state index in [0.29, 0.717) is 0 Å². The number of benzene rings is 3. The van der Waals surface area contributed by atoms with Gasteiger partial charge in [-0.3, -0.25) is 4.40 Å². The molecule has 28 heavy (non-hydrogen) atoms. The Balaban J connectivity index is 1.76. The van der Waals surface area contributed by atoms with Gasteiger partial charge in [0.25, 0.3) is 0 Å². The molecule has 0 unspecified atom stereocenters. The van der Waals surface area contributed by atoms with Gasteiger partial charge >= 0.3 is 0 Å². The summed E-state index contributed by atoms with van der Waals surface area (Å²) in [5.41, 5.74) is 4.73. The molecule has 3 aromatic carbocycles. The lowest BCUT2D eigenvalue weighted by Gasteiger charge is -2.06. The van der Waals surface area contributed by atoms with E-state index >= 15 is 0 Å². The molecule has 6 aromatic rings. The average molecular weight is 382 g/mol. The molecule has 0 saturated heterocycles. The van der Waals surface area contributed by atoms with Crippen LogP contribution in [0.15, 0.2) is 66.7 Å². The van der Waals surface area contributed by atoms with Crippen LogP contribution < -0.4 is 4.74 Å². The number of para-hydroxylation sites is 3. The first-order valence-electron chi connectivity index (χ1n) is 8.93. The fourth-order valence-corrected chi connectivity index (χ4v) is 4.59. The van der Waals surface area contributed by atoms with Crippen LogP contribution in [-0.4, -0.2) is 26.5 Å². The van der Waals surface area contributed by atoms with E-state index in [0.717, 1.165) is 54.4 Å². The molecule has 134 valence electrons. The van der Waals surface area contributed by atoms with Gasteiger partial charge in [0, 0.05) is 5.39 Å². The lowest BCUT2D eigenvalue weighted by Crippen LogP contribution is -1.97. The van der Waals surface area contributed by atoms with E-state index in [1.165, 1.54) is 0 Å². The number of methoxy groups -OCH3 is 1. The van der Waals surface area contributed by atoms with E-state index in [2.05, 4.69) is 16.5 Å². The Morgan fingerprint density at radius 2 is 1.64 bits per heavy atom. The third-order valence-electron chi connectivity index (χ3n) is 4.93. The molecular weight excluding hydrogens is 368 g/mol. The second kappa shape index (κ2) is 5.74. The van der Waals surface area contributed by atoms with E-state index in [1.54, 1.807) is 18.4 Å². The average Bonchev–Trinajstić information content (AvgIpc) is 3.34. The number of nitrogens with zero attached hydrogens (tertiary/aromatic N) is 4. The standard InChI is InChI=1S/C22H14N4OS/c1-27-13-10-11-17-19(12-13)28-22(25-17)21-23-15-7-3-2-6-14(15)20-24-16-8-4-5-9-18(16)26(20)21/h2-12H,1H3. The highest BCUT2D eigenvalue weighted by Gasteiger charge is 2.18. The van der Waals surface area contributed by atoms with Crippen LogP contribution in [-0.2, 0) is 0 Å². The summed E-state index contributed by atoms with van der Waals surface area (Å²) >= 11 is 1.61. The third kappa shape index (κ3) is 2.15. The maximum Gasteiger partial charge on any atom is 0.176 e. The molecule has 6 heteroatoms. The number of thiazole rings is 1. The number of aromatic nitrogens is 4. The largest absolute Gasteiger partial charge is 0.497 e. The maximum absolute atomic E-state index is 5.36. The van der Waals surface area contributed by atoms with Crippen LogP contribution in [0.5, 0.6) is 5.75 Å². The Morgan fingerprint density at radius 1 is 0.821 bits per heavy atom. The number of fused-ring (bicyclic) bond motifs is 6. The van der Waals surface area contributed by atoms with E-state index in [9.17, 15) is 0 Å². The van der Waals surface area contributed by atoms with Crippen molar-refractivity contribution in [2.24, 2.45) is 0 Å². The van der Waals surface area contributed by atoms with Gasteiger partial charge in [0.2, 0.25) is 0 Å². The maximum atomic E-state index is 5.36. The zero-order valence-electron chi connectivity index (χ0n) is 15.0. The second-order valence-electron chi connectivity index (χ2n) is 6.56. The summed E-state index contributed by atoms with van der Waals surface area (Å²) < 4.78 is 8.55. The Kier molecular flexibility index (Phi) is 3.19. The van der Waals surface area contributed by atoms with Crippen molar-refractivity contribution in [3.8, 4) is 16.6 Å². The van der Waals surface area contributed by atoms with Crippen molar-refractivity contribution in [1.29, 1.82) is 0 Å². The molecule has 3 aromatic heterocycles. The fourth-order valence-electron chi connectivity index (χ4n) is 3.62. The molecule has 3 heterocycles. The van der Waals surface area contributed by atoms with Crippen LogP contribution in [0.4, 0.5) is 0 Å². The third-order valence-corrected chi connectivity index (χ3v) is 5.94. The van der Waals surface area contributed by atoms with Gasteiger partial charge in [0.1, 0.15) is 11.4 Å². The number of imidazole rings is 1. The minimum absolute atomic E-state index is 0.808. The van der Waals surface area contributed by atoms with Crippen molar-refractivity contribution in [2.75, 3.05) is 7.11 Å². The molecule has 0 spiro atoms. The van der Waals surface area contributed by atoms with Crippen molar-refractivity contribution < 1.29 is 4.74 Å². The van der Waals surface area contributed by atoms with Crippen molar-refractivity contribution in [1.82, 2.24) is 19.4 Å². The Bertz CT molecular complexity index is 1520. The van der Waals surface area contributed by atoms with Crippen LogP contribution in [0, 0.1) is 0 Å². The molecule has 0 atom stereocenters. The molecule has 6 rings (SSSR count). The van der Waals surface area contributed by atoms with Gasteiger partial charge < -0.3 is 4.74 Å². The Morgan fingerprint density at radius 3 is 2.54 bits per heavy atom. The van der Waals surface area contributed by atoms with Crippen LogP contribution >= 0.6 is 11.3 Å². The van der Waals surface area contributed by atoms with Crippen molar-refractivity contribution >= 4 is 49.1 Å². The molecule has 0 saturated carbocycles. The zero-order valence-corrected chi connectivity index (χ0v) is 15.8. The molecule has 0 aliphatic heterocycles.